The van der Waals surface area contributed by atoms with Crippen LogP contribution in [0.5, 0.6) is 0 Å². The van der Waals surface area contributed by atoms with Crippen molar-refractivity contribution in [1.82, 2.24) is 9.97 Å². The lowest BCUT2D eigenvalue weighted by atomic mass is 10.1. The molecule has 0 radical (unpaired) electrons. The number of aromatic nitrogens is 2. The molecule has 0 saturated carbocycles. The van der Waals surface area contributed by atoms with Gasteiger partial charge in [0, 0.05) is 17.1 Å². The Labute approximate surface area is 126 Å². The summed E-state index contributed by atoms with van der Waals surface area (Å²) >= 11 is 7.04. The van der Waals surface area contributed by atoms with E-state index in [1.165, 1.54) is 11.8 Å². The standard InChI is InChI=1S/C14H13ClN2O2S/c1-9-6-13(20-8-14(18)19)17-12(16-9)7-10-2-4-11(15)5-3-10/h2-6H,7-8H2,1H3,(H,18,19). The topological polar surface area (TPSA) is 63.1 Å². The van der Waals surface area contributed by atoms with Gasteiger partial charge in [0.15, 0.2) is 0 Å². The molecule has 0 atom stereocenters. The minimum atomic E-state index is -0.856. The highest BCUT2D eigenvalue weighted by molar-refractivity contribution is 7.99. The van der Waals surface area contributed by atoms with Gasteiger partial charge in [0.25, 0.3) is 0 Å². The first-order chi connectivity index (χ1) is 9.52. The van der Waals surface area contributed by atoms with Crippen LogP contribution in [0, 0.1) is 6.92 Å². The molecule has 2 rings (SSSR count). The third-order valence-electron chi connectivity index (χ3n) is 2.50. The van der Waals surface area contributed by atoms with E-state index >= 15 is 0 Å². The van der Waals surface area contributed by atoms with Crippen molar-refractivity contribution >= 4 is 29.3 Å². The van der Waals surface area contributed by atoms with Gasteiger partial charge in [-0.25, -0.2) is 9.97 Å². The van der Waals surface area contributed by atoms with Crippen LogP contribution < -0.4 is 0 Å². The summed E-state index contributed by atoms with van der Waals surface area (Å²) in [4.78, 5) is 19.3. The number of benzene rings is 1. The van der Waals surface area contributed by atoms with Crippen molar-refractivity contribution < 1.29 is 9.90 Å². The molecule has 0 aliphatic rings. The summed E-state index contributed by atoms with van der Waals surface area (Å²) in [7, 11) is 0. The zero-order valence-electron chi connectivity index (χ0n) is 10.8. The summed E-state index contributed by atoms with van der Waals surface area (Å²) in [6.45, 7) is 1.87. The average Bonchev–Trinajstić information content (AvgIpc) is 2.38. The van der Waals surface area contributed by atoms with Gasteiger partial charge in [-0.2, -0.15) is 0 Å². The number of aryl methyl sites for hydroxylation is 1. The number of hydrogen-bond acceptors (Lipinski definition) is 4. The number of carbonyl (C=O) groups is 1. The molecule has 0 saturated heterocycles. The Balaban J connectivity index is 2.14. The third-order valence-corrected chi connectivity index (χ3v) is 3.64. The molecule has 104 valence electrons. The second kappa shape index (κ2) is 6.72. The zero-order valence-corrected chi connectivity index (χ0v) is 12.4. The van der Waals surface area contributed by atoms with Crippen molar-refractivity contribution in [3.63, 3.8) is 0 Å². The Bertz CT molecular complexity index is 617. The van der Waals surface area contributed by atoms with Gasteiger partial charge < -0.3 is 5.11 Å². The maximum absolute atomic E-state index is 10.6. The Morgan fingerprint density at radius 2 is 2.00 bits per heavy atom. The normalized spacial score (nSPS) is 10.5. The molecule has 0 amide bonds. The predicted molar refractivity (Wildman–Crippen MR) is 79.4 cm³/mol. The maximum Gasteiger partial charge on any atom is 0.313 e. The highest BCUT2D eigenvalue weighted by Crippen LogP contribution is 2.18. The zero-order chi connectivity index (χ0) is 14.5. The van der Waals surface area contributed by atoms with Gasteiger partial charge >= 0.3 is 5.97 Å². The van der Waals surface area contributed by atoms with Crippen LogP contribution in [-0.4, -0.2) is 26.8 Å². The number of carboxylic acid groups (broad SMARTS) is 1. The Hall–Kier alpha value is -1.59. The van der Waals surface area contributed by atoms with Gasteiger partial charge in [-0.3, -0.25) is 4.79 Å². The summed E-state index contributed by atoms with van der Waals surface area (Å²) in [5, 5.41) is 10.1. The SMILES string of the molecule is Cc1cc(SCC(=O)O)nc(Cc2ccc(Cl)cc2)n1. The fourth-order valence-electron chi connectivity index (χ4n) is 1.67. The molecule has 6 heteroatoms. The number of aliphatic carboxylic acids is 1. The van der Waals surface area contributed by atoms with Crippen molar-refractivity contribution in [3.8, 4) is 0 Å². The largest absolute Gasteiger partial charge is 0.481 e. The van der Waals surface area contributed by atoms with Gasteiger partial charge in [-0.15, -0.1) is 0 Å². The lowest BCUT2D eigenvalue weighted by molar-refractivity contribution is -0.133. The molecular formula is C14H13ClN2O2S. The Morgan fingerprint density at radius 1 is 1.30 bits per heavy atom. The number of halogens is 1. The first-order valence-corrected chi connectivity index (χ1v) is 7.33. The minimum Gasteiger partial charge on any atom is -0.481 e. The van der Waals surface area contributed by atoms with E-state index in [4.69, 9.17) is 16.7 Å². The van der Waals surface area contributed by atoms with E-state index in [0.717, 1.165) is 11.3 Å². The maximum atomic E-state index is 10.6. The minimum absolute atomic E-state index is 0.00314. The average molecular weight is 309 g/mol. The van der Waals surface area contributed by atoms with Crippen LogP contribution in [0.4, 0.5) is 0 Å². The summed E-state index contributed by atoms with van der Waals surface area (Å²) in [6, 6.07) is 9.30. The van der Waals surface area contributed by atoms with Gasteiger partial charge in [-0.1, -0.05) is 35.5 Å². The van der Waals surface area contributed by atoms with Crippen LogP contribution in [0.15, 0.2) is 35.4 Å². The fourth-order valence-corrected chi connectivity index (χ4v) is 2.49. The van der Waals surface area contributed by atoms with Crippen LogP contribution in [-0.2, 0) is 11.2 Å². The summed E-state index contributed by atoms with van der Waals surface area (Å²) < 4.78 is 0. The van der Waals surface area contributed by atoms with E-state index in [0.29, 0.717) is 22.3 Å². The summed E-state index contributed by atoms with van der Waals surface area (Å²) in [5.74, 6) is -0.178. The van der Waals surface area contributed by atoms with E-state index in [2.05, 4.69) is 9.97 Å². The number of rotatable bonds is 5. The van der Waals surface area contributed by atoms with Crippen molar-refractivity contribution in [2.75, 3.05) is 5.75 Å². The molecule has 0 fully saturated rings. The van der Waals surface area contributed by atoms with Gasteiger partial charge in [-0.05, 0) is 30.7 Å². The molecule has 2 aromatic rings. The van der Waals surface area contributed by atoms with Crippen molar-refractivity contribution in [2.45, 2.75) is 18.4 Å². The van der Waals surface area contributed by atoms with Crippen LogP contribution in [0.25, 0.3) is 0 Å². The number of thioether (sulfide) groups is 1. The molecule has 1 aromatic carbocycles. The highest BCUT2D eigenvalue weighted by atomic mass is 35.5. The molecule has 0 aliphatic heterocycles. The predicted octanol–water partition coefficient (Wildman–Crippen LogP) is 3.21. The number of hydrogen-bond donors (Lipinski definition) is 1. The summed E-state index contributed by atoms with van der Waals surface area (Å²) in [6.07, 6.45) is 0.597. The first-order valence-electron chi connectivity index (χ1n) is 5.96. The number of carboxylic acids is 1. The van der Waals surface area contributed by atoms with Crippen LogP contribution in [0.2, 0.25) is 5.02 Å². The molecule has 0 spiro atoms. The Kier molecular flexibility index (Phi) is 4.98. The van der Waals surface area contributed by atoms with Gasteiger partial charge in [0.2, 0.25) is 0 Å². The van der Waals surface area contributed by atoms with Crippen molar-refractivity contribution in [1.29, 1.82) is 0 Å². The lowest BCUT2D eigenvalue weighted by Gasteiger charge is -2.05. The Morgan fingerprint density at radius 3 is 2.65 bits per heavy atom. The van der Waals surface area contributed by atoms with Gasteiger partial charge in [0.05, 0.1) is 5.75 Å². The molecule has 4 nitrogen and oxygen atoms in total. The molecular weight excluding hydrogens is 296 g/mol. The van der Waals surface area contributed by atoms with E-state index in [-0.39, 0.29) is 5.75 Å². The molecule has 20 heavy (non-hydrogen) atoms. The van der Waals surface area contributed by atoms with Crippen LogP contribution >= 0.6 is 23.4 Å². The molecule has 1 N–H and O–H groups in total. The lowest BCUT2D eigenvalue weighted by Crippen LogP contribution is -2.02. The highest BCUT2D eigenvalue weighted by Gasteiger charge is 2.06. The molecule has 0 unspecified atom stereocenters. The quantitative estimate of drug-likeness (QED) is 0.679. The van der Waals surface area contributed by atoms with E-state index < -0.39 is 5.97 Å². The van der Waals surface area contributed by atoms with E-state index in [9.17, 15) is 4.79 Å². The van der Waals surface area contributed by atoms with Gasteiger partial charge in [0.1, 0.15) is 10.9 Å². The third kappa shape index (κ3) is 4.51. The number of nitrogens with zero attached hydrogens (tertiary/aromatic N) is 2. The fraction of sp³-hybridized carbons (Fsp3) is 0.214. The molecule has 0 aliphatic carbocycles. The summed E-state index contributed by atoms with van der Waals surface area (Å²) in [5.41, 5.74) is 1.89. The second-order valence-corrected chi connectivity index (χ2v) is 5.68. The first kappa shape index (κ1) is 14.8. The second-order valence-electron chi connectivity index (χ2n) is 4.25. The molecule has 1 heterocycles. The molecule has 1 aromatic heterocycles. The van der Waals surface area contributed by atoms with Crippen molar-refractivity contribution in [3.05, 3.63) is 52.4 Å². The van der Waals surface area contributed by atoms with Crippen molar-refractivity contribution in [2.24, 2.45) is 0 Å². The van der Waals surface area contributed by atoms with Crippen LogP contribution in [0.3, 0.4) is 0 Å². The van der Waals surface area contributed by atoms with E-state index in [1.54, 1.807) is 6.07 Å². The monoisotopic (exact) mass is 308 g/mol. The molecule has 0 bridgehead atoms. The van der Waals surface area contributed by atoms with Crippen LogP contribution in [0.1, 0.15) is 17.1 Å². The smallest absolute Gasteiger partial charge is 0.313 e. The van der Waals surface area contributed by atoms with E-state index in [1.807, 2.05) is 31.2 Å².